The Labute approximate surface area is 178 Å². The van der Waals surface area contributed by atoms with Crippen molar-refractivity contribution in [2.24, 2.45) is 0 Å². The Morgan fingerprint density at radius 2 is 1.87 bits per heavy atom. The Morgan fingerprint density at radius 3 is 2.53 bits per heavy atom. The number of amides is 1. The van der Waals surface area contributed by atoms with Crippen LogP contribution < -0.4 is 10.1 Å². The number of carbonyl (C=O) groups is 1. The highest BCUT2D eigenvalue weighted by Crippen LogP contribution is 2.20. The predicted octanol–water partition coefficient (Wildman–Crippen LogP) is 4.30. The number of nitro groups is 1. The van der Waals surface area contributed by atoms with Crippen LogP contribution in [0.25, 0.3) is 0 Å². The van der Waals surface area contributed by atoms with Crippen LogP contribution in [0.1, 0.15) is 44.9 Å². The van der Waals surface area contributed by atoms with Crippen LogP contribution in [-0.4, -0.2) is 54.8 Å². The van der Waals surface area contributed by atoms with Crippen LogP contribution in [0.4, 0.5) is 10.5 Å². The molecule has 0 atom stereocenters. The number of carbonyl (C=O) groups excluding carboxylic acids is 1. The van der Waals surface area contributed by atoms with E-state index in [1.807, 2.05) is 6.08 Å². The standard InChI is InChI=1S/C22H33N3O5/c1-2-3-14-23-15-6-4-5-7-18-29-20-12-16-24(17-13-20)22(26)30-21-10-8-19(9-11-21)25(27)28/h2,8-11,20,23H,1,3-7,12-18H2. The number of unbranched alkanes of at least 4 members (excludes halogenated alkanes) is 3. The second-order valence-electron chi connectivity index (χ2n) is 7.42. The molecule has 8 heteroatoms. The number of piperidine rings is 1. The summed E-state index contributed by atoms with van der Waals surface area (Å²) in [4.78, 5) is 24.1. The van der Waals surface area contributed by atoms with Crippen LogP contribution in [0.5, 0.6) is 5.75 Å². The van der Waals surface area contributed by atoms with E-state index in [0.29, 0.717) is 18.8 Å². The molecule has 2 rings (SSSR count). The lowest BCUT2D eigenvalue weighted by Crippen LogP contribution is -2.42. The highest BCUT2D eigenvalue weighted by molar-refractivity contribution is 5.70. The van der Waals surface area contributed by atoms with Crippen molar-refractivity contribution in [2.75, 3.05) is 32.8 Å². The van der Waals surface area contributed by atoms with Crippen molar-refractivity contribution < 1.29 is 19.2 Å². The molecule has 1 aliphatic heterocycles. The molecule has 0 saturated carbocycles. The maximum absolute atomic E-state index is 12.3. The van der Waals surface area contributed by atoms with Crippen LogP contribution in [0, 0.1) is 10.1 Å². The number of rotatable bonds is 13. The molecule has 0 aliphatic carbocycles. The zero-order valence-corrected chi connectivity index (χ0v) is 17.6. The Morgan fingerprint density at radius 1 is 1.17 bits per heavy atom. The Kier molecular flexibility index (Phi) is 10.9. The highest BCUT2D eigenvalue weighted by Gasteiger charge is 2.24. The number of likely N-dealkylation sites (tertiary alicyclic amines) is 1. The number of nitrogens with zero attached hydrogens (tertiary/aromatic N) is 2. The van der Waals surface area contributed by atoms with Crippen molar-refractivity contribution in [1.82, 2.24) is 10.2 Å². The largest absolute Gasteiger partial charge is 0.415 e. The molecule has 0 aromatic heterocycles. The molecule has 0 bridgehead atoms. The van der Waals surface area contributed by atoms with Gasteiger partial charge in [0.15, 0.2) is 0 Å². The smallest absolute Gasteiger partial charge is 0.410 e. The fourth-order valence-electron chi connectivity index (χ4n) is 3.29. The molecule has 1 saturated heterocycles. The van der Waals surface area contributed by atoms with Crippen molar-refractivity contribution in [2.45, 2.75) is 51.0 Å². The van der Waals surface area contributed by atoms with E-state index in [4.69, 9.17) is 9.47 Å². The minimum atomic E-state index is -0.487. The number of hydrogen-bond donors (Lipinski definition) is 1. The van der Waals surface area contributed by atoms with Gasteiger partial charge in [0, 0.05) is 31.8 Å². The van der Waals surface area contributed by atoms with Gasteiger partial charge in [0.05, 0.1) is 11.0 Å². The van der Waals surface area contributed by atoms with E-state index in [0.717, 1.165) is 45.4 Å². The van der Waals surface area contributed by atoms with E-state index in [2.05, 4.69) is 11.9 Å². The third kappa shape index (κ3) is 8.92. The van der Waals surface area contributed by atoms with Gasteiger partial charge in [-0.2, -0.15) is 0 Å². The van der Waals surface area contributed by atoms with Crippen molar-refractivity contribution in [3.05, 3.63) is 47.0 Å². The minimum Gasteiger partial charge on any atom is -0.410 e. The van der Waals surface area contributed by atoms with Crippen LogP contribution in [0.15, 0.2) is 36.9 Å². The molecular weight excluding hydrogens is 386 g/mol. The molecule has 1 aliphatic rings. The molecule has 30 heavy (non-hydrogen) atoms. The van der Waals surface area contributed by atoms with E-state index in [-0.39, 0.29) is 11.8 Å². The van der Waals surface area contributed by atoms with Crippen molar-refractivity contribution >= 4 is 11.8 Å². The summed E-state index contributed by atoms with van der Waals surface area (Å²) in [6.07, 6.45) is 8.92. The highest BCUT2D eigenvalue weighted by atomic mass is 16.6. The lowest BCUT2D eigenvalue weighted by molar-refractivity contribution is -0.384. The third-order valence-electron chi connectivity index (χ3n) is 5.08. The summed E-state index contributed by atoms with van der Waals surface area (Å²) < 4.78 is 11.3. The molecule has 0 unspecified atom stereocenters. The number of benzene rings is 1. The Balaban J connectivity index is 1.52. The van der Waals surface area contributed by atoms with Gasteiger partial charge >= 0.3 is 6.09 Å². The van der Waals surface area contributed by atoms with Crippen molar-refractivity contribution in [3.8, 4) is 5.75 Å². The summed E-state index contributed by atoms with van der Waals surface area (Å²) >= 11 is 0. The first-order chi connectivity index (χ1) is 14.6. The second kappa shape index (κ2) is 13.7. The molecule has 1 aromatic carbocycles. The van der Waals surface area contributed by atoms with Gasteiger partial charge < -0.3 is 19.7 Å². The minimum absolute atomic E-state index is 0.0343. The van der Waals surface area contributed by atoms with E-state index < -0.39 is 11.0 Å². The molecule has 0 spiro atoms. The number of non-ortho nitro benzene ring substituents is 1. The summed E-state index contributed by atoms with van der Waals surface area (Å²) in [6.45, 7) is 7.72. The molecular formula is C22H33N3O5. The normalized spacial score (nSPS) is 14.5. The summed E-state index contributed by atoms with van der Waals surface area (Å²) in [6, 6.07) is 5.51. The summed E-state index contributed by atoms with van der Waals surface area (Å²) in [7, 11) is 0. The monoisotopic (exact) mass is 419 g/mol. The molecule has 1 amide bonds. The van der Waals surface area contributed by atoms with E-state index in [1.165, 1.54) is 43.5 Å². The SMILES string of the molecule is C=CCCNCCCCCCOC1CCN(C(=O)Oc2ccc([N+](=O)[O-])cc2)CC1. The first kappa shape index (κ1) is 23.8. The fourth-order valence-corrected chi connectivity index (χ4v) is 3.29. The van der Waals surface area contributed by atoms with Crippen LogP contribution in [0.3, 0.4) is 0 Å². The second-order valence-corrected chi connectivity index (χ2v) is 7.42. The summed E-state index contributed by atoms with van der Waals surface area (Å²) in [5.74, 6) is 0.305. The molecule has 1 N–H and O–H groups in total. The van der Waals surface area contributed by atoms with Gasteiger partial charge in [-0.25, -0.2) is 4.79 Å². The number of nitrogens with one attached hydrogen (secondary N) is 1. The molecule has 1 heterocycles. The van der Waals surface area contributed by atoms with Crippen molar-refractivity contribution in [3.63, 3.8) is 0 Å². The van der Waals surface area contributed by atoms with Gasteiger partial charge in [0.25, 0.3) is 5.69 Å². The molecule has 0 radical (unpaired) electrons. The lowest BCUT2D eigenvalue weighted by Gasteiger charge is -2.31. The van der Waals surface area contributed by atoms with Gasteiger partial charge in [-0.15, -0.1) is 6.58 Å². The first-order valence-electron chi connectivity index (χ1n) is 10.7. The van der Waals surface area contributed by atoms with Crippen LogP contribution in [0.2, 0.25) is 0 Å². The average molecular weight is 420 g/mol. The third-order valence-corrected chi connectivity index (χ3v) is 5.08. The number of ether oxygens (including phenoxy) is 2. The van der Waals surface area contributed by atoms with Gasteiger partial charge in [-0.3, -0.25) is 10.1 Å². The maximum atomic E-state index is 12.3. The van der Waals surface area contributed by atoms with Gasteiger partial charge in [0.1, 0.15) is 5.75 Å². The molecule has 1 fully saturated rings. The van der Waals surface area contributed by atoms with Gasteiger partial charge in [-0.05, 0) is 57.3 Å². The van der Waals surface area contributed by atoms with Crippen LogP contribution in [-0.2, 0) is 4.74 Å². The first-order valence-corrected chi connectivity index (χ1v) is 10.7. The predicted molar refractivity (Wildman–Crippen MR) is 116 cm³/mol. The zero-order valence-electron chi connectivity index (χ0n) is 17.6. The number of nitro benzene ring substituents is 1. The quantitative estimate of drug-likeness (QED) is 0.222. The Bertz CT molecular complexity index is 657. The van der Waals surface area contributed by atoms with E-state index in [9.17, 15) is 14.9 Å². The van der Waals surface area contributed by atoms with E-state index >= 15 is 0 Å². The topological polar surface area (TPSA) is 93.9 Å². The Hall–Kier alpha value is -2.45. The van der Waals surface area contributed by atoms with Gasteiger partial charge in [0.2, 0.25) is 0 Å². The lowest BCUT2D eigenvalue weighted by atomic mass is 10.1. The van der Waals surface area contributed by atoms with Crippen LogP contribution >= 0.6 is 0 Å². The summed E-state index contributed by atoms with van der Waals surface area (Å²) in [5, 5.41) is 14.1. The molecule has 166 valence electrons. The van der Waals surface area contributed by atoms with Crippen molar-refractivity contribution in [1.29, 1.82) is 0 Å². The zero-order chi connectivity index (χ0) is 21.6. The number of hydrogen-bond acceptors (Lipinski definition) is 6. The fraction of sp³-hybridized carbons (Fsp3) is 0.591. The average Bonchev–Trinajstić information content (AvgIpc) is 2.76. The van der Waals surface area contributed by atoms with Gasteiger partial charge in [-0.1, -0.05) is 18.9 Å². The summed E-state index contributed by atoms with van der Waals surface area (Å²) in [5.41, 5.74) is -0.0343. The molecule has 8 nitrogen and oxygen atoms in total. The van der Waals surface area contributed by atoms with E-state index in [1.54, 1.807) is 4.90 Å². The maximum Gasteiger partial charge on any atom is 0.415 e. The molecule has 1 aromatic rings.